The lowest BCUT2D eigenvalue weighted by Crippen LogP contribution is -2.45. The molecule has 0 aromatic carbocycles. The highest BCUT2D eigenvalue weighted by molar-refractivity contribution is 7.88. The van der Waals surface area contributed by atoms with Gasteiger partial charge in [-0.25, -0.2) is 12.7 Å². The monoisotopic (exact) mass is 293 g/mol. The van der Waals surface area contributed by atoms with E-state index < -0.39 is 10.0 Å². The van der Waals surface area contributed by atoms with Gasteiger partial charge in [0.1, 0.15) is 0 Å². The molecule has 2 N–H and O–H groups in total. The highest BCUT2D eigenvalue weighted by atomic mass is 32.2. The molecule has 1 aliphatic heterocycles. The van der Waals surface area contributed by atoms with E-state index in [0.717, 1.165) is 32.4 Å². The molecule has 6 nitrogen and oxygen atoms in total. The molecule has 0 bridgehead atoms. The first-order valence-electron chi connectivity index (χ1n) is 6.92. The number of hydrogen-bond donors (Lipinski definition) is 2. The van der Waals surface area contributed by atoms with Crippen molar-refractivity contribution in [3.63, 3.8) is 0 Å². The van der Waals surface area contributed by atoms with E-state index in [9.17, 15) is 8.42 Å². The van der Waals surface area contributed by atoms with Gasteiger partial charge in [0, 0.05) is 25.7 Å². The van der Waals surface area contributed by atoms with Gasteiger partial charge in [0.05, 0.1) is 12.9 Å². The summed E-state index contributed by atoms with van der Waals surface area (Å²) in [5.41, 5.74) is 0. The number of piperidine rings is 1. The Kier molecular flexibility index (Phi) is 7.23. The molecule has 0 aliphatic carbocycles. The van der Waals surface area contributed by atoms with Crippen molar-refractivity contribution < 1.29 is 13.5 Å². The van der Waals surface area contributed by atoms with Crippen molar-refractivity contribution in [1.82, 2.24) is 14.5 Å². The van der Waals surface area contributed by atoms with E-state index in [2.05, 4.69) is 17.3 Å². The molecule has 1 heterocycles. The minimum atomic E-state index is -3.02. The van der Waals surface area contributed by atoms with Crippen molar-refractivity contribution >= 4 is 10.0 Å². The third kappa shape index (κ3) is 6.18. The molecule has 7 heteroatoms. The normalized spacial score (nSPS) is 19.2. The molecule has 1 rings (SSSR count). The topological polar surface area (TPSA) is 72.9 Å². The smallest absolute Gasteiger partial charge is 0.211 e. The molecule has 0 amide bonds. The van der Waals surface area contributed by atoms with Gasteiger partial charge < -0.3 is 15.3 Å². The molecule has 0 saturated carbocycles. The van der Waals surface area contributed by atoms with E-state index in [4.69, 9.17) is 5.11 Å². The van der Waals surface area contributed by atoms with Crippen LogP contribution in [-0.2, 0) is 10.0 Å². The molecule has 19 heavy (non-hydrogen) atoms. The van der Waals surface area contributed by atoms with Crippen LogP contribution in [0.1, 0.15) is 19.3 Å². The van der Waals surface area contributed by atoms with Gasteiger partial charge in [0.2, 0.25) is 10.0 Å². The molecule has 1 aliphatic rings. The summed E-state index contributed by atoms with van der Waals surface area (Å²) in [6, 6.07) is 0.482. The maximum absolute atomic E-state index is 11.4. The van der Waals surface area contributed by atoms with Crippen LogP contribution >= 0.6 is 0 Å². The fraction of sp³-hybridized carbons (Fsp3) is 1.00. The molecule has 0 unspecified atom stereocenters. The van der Waals surface area contributed by atoms with Crippen LogP contribution in [0, 0.1) is 0 Å². The molecular formula is C12H27N3O3S. The lowest BCUT2D eigenvalue weighted by molar-refractivity contribution is 0.167. The molecule has 0 spiro atoms. The van der Waals surface area contributed by atoms with Crippen LogP contribution in [0.2, 0.25) is 0 Å². The number of sulfonamides is 1. The standard InChI is InChI=1S/C12H27N3O3S/c1-14(8-3-6-13-7-11-16)12-4-9-15(10-5-12)19(2,17)18/h12-13,16H,3-11H2,1-2H3. The molecule has 1 saturated heterocycles. The first kappa shape index (κ1) is 16.8. The first-order valence-corrected chi connectivity index (χ1v) is 8.77. The molecule has 114 valence electrons. The third-order valence-corrected chi connectivity index (χ3v) is 4.97. The Morgan fingerprint density at radius 3 is 2.47 bits per heavy atom. The van der Waals surface area contributed by atoms with E-state index in [-0.39, 0.29) is 6.61 Å². The Labute approximate surface area is 116 Å². The average Bonchev–Trinajstić information content (AvgIpc) is 2.37. The molecular weight excluding hydrogens is 266 g/mol. The van der Waals surface area contributed by atoms with Gasteiger partial charge in [-0.3, -0.25) is 0 Å². The number of rotatable bonds is 8. The maximum atomic E-state index is 11.4. The van der Waals surface area contributed by atoms with Crippen LogP contribution in [0.4, 0.5) is 0 Å². The Morgan fingerprint density at radius 1 is 1.32 bits per heavy atom. The summed E-state index contributed by atoms with van der Waals surface area (Å²) in [6.07, 6.45) is 4.15. The number of nitrogens with zero attached hydrogens (tertiary/aromatic N) is 2. The van der Waals surface area contributed by atoms with E-state index >= 15 is 0 Å². The molecule has 0 aromatic heterocycles. The summed E-state index contributed by atoms with van der Waals surface area (Å²) in [4.78, 5) is 2.32. The van der Waals surface area contributed by atoms with Crippen molar-refractivity contribution in [3.8, 4) is 0 Å². The summed E-state index contributed by atoms with van der Waals surface area (Å²) < 4.78 is 24.4. The van der Waals surface area contributed by atoms with Gasteiger partial charge in [-0.15, -0.1) is 0 Å². The molecule has 1 fully saturated rings. The quantitative estimate of drug-likeness (QED) is 0.580. The van der Waals surface area contributed by atoms with Gasteiger partial charge in [-0.1, -0.05) is 0 Å². The van der Waals surface area contributed by atoms with E-state index in [0.29, 0.717) is 25.7 Å². The second kappa shape index (κ2) is 8.16. The summed E-state index contributed by atoms with van der Waals surface area (Å²) in [5.74, 6) is 0. The zero-order valence-corrected chi connectivity index (χ0v) is 12.8. The molecule has 0 radical (unpaired) electrons. The summed E-state index contributed by atoms with van der Waals surface area (Å²) in [6.45, 7) is 4.01. The van der Waals surface area contributed by atoms with Crippen LogP contribution in [0.5, 0.6) is 0 Å². The first-order chi connectivity index (χ1) is 8.95. The number of aliphatic hydroxyl groups is 1. The highest BCUT2D eigenvalue weighted by Crippen LogP contribution is 2.17. The lowest BCUT2D eigenvalue weighted by atomic mass is 10.1. The number of hydrogen-bond acceptors (Lipinski definition) is 5. The van der Waals surface area contributed by atoms with Crippen LogP contribution in [0.25, 0.3) is 0 Å². The van der Waals surface area contributed by atoms with E-state index in [1.54, 1.807) is 4.31 Å². The van der Waals surface area contributed by atoms with Crippen LogP contribution in [-0.4, -0.2) is 81.4 Å². The Morgan fingerprint density at radius 2 is 1.95 bits per heavy atom. The average molecular weight is 293 g/mol. The van der Waals surface area contributed by atoms with Crippen molar-refractivity contribution in [2.45, 2.75) is 25.3 Å². The number of aliphatic hydroxyl groups excluding tert-OH is 1. The van der Waals surface area contributed by atoms with Gasteiger partial charge in [-0.2, -0.15) is 0 Å². The SMILES string of the molecule is CN(CCCNCCO)C1CCN(S(C)(=O)=O)CC1. The summed E-state index contributed by atoms with van der Waals surface area (Å²) in [5, 5.41) is 11.8. The third-order valence-electron chi connectivity index (χ3n) is 3.67. The van der Waals surface area contributed by atoms with Crippen molar-refractivity contribution in [2.75, 3.05) is 52.6 Å². The largest absolute Gasteiger partial charge is 0.395 e. The number of nitrogens with one attached hydrogen (secondary N) is 1. The van der Waals surface area contributed by atoms with Gasteiger partial charge in [0.15, 0.2) is 0 Å². The fourth-order valence-corrected chi connectivity index (χ4v) is 3.33. The Hall–Kier alpha value is -0.210. The second-order valence-corrected chi connectivity index (χ2v) is 7.18. The predicted octanol–water partition coefficient (Wildman–Crippen LogP) is -0.686. The molecule has 0 atom stereocenters. The van der Waals surface area contributed by atoms with Crippen molar-refractivity contribution in [1.29, 1.82) is 0 Å². The van der Waals surface area contributed by atoms with Gasteiger partial charge >= 0.3 is 0 Å². The fourth-order valence-electron chi connectivity index (χ4n) is 2.45. The summed E-state index contributed by atoms with van der Waals surface area (Å²) >= 11 is 0. The van der Waals surface area contributed by atoms with E-state index in [1.807, 2.05) is 0 Å². The van der Waals surface area contributed by atoms with Crippen molar-refractivity contribution in [3.05, 3.63) is 0 Å². The van der Waals surface area contributed by atoms with Crippen molar-refractivity contribution in [2.24, 2.45) is 0 Å². The van der Waals surface area contributed by atoms with Crippen LogP contribution < -0.4 is 5.32 Å². The molecule has 0 aromatic rings. The Balaban J connectivity index is 2.20. The minimum absolute atomic E-state index is 0.180. The maximum Gasteiger partial charge on any atom is 0.211 e. The minimum Gasteiger partial charge on any atom is -0.395 e. The predicted molar refractivity (Wildman–Crippen MR) is 76.6 cm³/mol. The zero-order chi connectivity index (χ0) is 14.3. The summed E-state index contributed by atoms with van der Waals surface area (Å²) in [7, 11) is -0.917. The highest BCUT2D eigenvalue weighted by Gasteiger charge is 2.26. The van der Waals surface area contributed by atoms with Crippen LogP contribution in [0.3, 0.4) is 0 Å². The van der Waals surface area contributed by atoms with Crippen LogP contribution in [0.15, 0.2) is 0 Å². The van der Waals surface area contributed by atoms with E-state index in [1.165, 1.54) is 6.26 Å². The second-order valence-electron chi connectivity index (χ2n) is 5.20. The van der Waals surface area contributed by atoms with Gasteiger partial charge in [0.25, 0.3) is 0 Å². The zero-order valence-electron chi connectivity index (χ0n) is 12.0. The van der Waals surface area contributed by atoms with Gasteiger partial charge in [-0.05, 0) is 39.4 Å². The Bertz CT molecular complexity index is 340. The lowest BCUT2D eigenvalue weighted by Gasteiger charge is -2.35.